The normalized spacial score (nSPS) is 15.2. The summed E-state index contributed by atoms with van der Waals surface area (Å²) in [6, 6.07) is 0.0222. The molecule has 0 rings (SSSR count). The first kappa shape index (κ1) is 16.2. The third kappa shape index (κ3) is 8.94. The van der Waals surface area contributed by atoms with Crippen LogP contribution in [0.4, 0.5) is 4.79 Å². The van der Waals surface area contributed by atoms with E-state index in [0.717, 1.165) is 0 Å². The van der Waals surface area contributed by atoms with E-state index in [0.29, 0.717) is 13.0 Å². The molecule has 0 saturated heterocycles. The van der Waals surface area contributed by atoms with Crippen molar-refractivity contribution >= 4 is 6.09 Å². The Morgan fingerprint density at radius 2 is 1.94 bits per heavy atom. The Morgan fingerprint density at radius 3 is 2.29 bits per heavy atom. The van der Waals surface area contributed by atoms with Crippen molar-refractivity contribution in [1.82, 2.24) is 4.90 Å². The van der Waals surface area contributed by atoms with Gasteiger partial charge in [0.2, 0.25) is 0 Å². The van der Waals surface area contributed by atoms with Gasteiger partial charge in [-0.25, -0.2) is 4.79 Å². The fraction of sp³-hybridized carbons (Fsp3) is 0.917. The fourth-order valence-electron chi connectivity index (χ4n) is 1.26. The van der Waals surface area contributed by atoms with Crippen LogP contribution in [-0.2, 0) is 4.74 Å². The molecule has 102 valence electrons. The number of rotatable bonds is 5. The molecule has 1 unspecified atom stereocenters. The van der Waals surface area contributed by atoms with Crippen LogP contribution < -0.4 is 5.73 Å². The molecule has 0 saturated carbocycles. The van der Waals surface area contributed by atoms with Crippen LogP contribution in [0.25, 0.3) is 0 Å². The van der Waals surface area contributed by atoms with E-state index in [9.17, 15) is 9.90 Å². The van der Waals surface area contributed by atoms with Crippen molar-refractivity contribution in [3.8, 4) is 0 Å². The van der Waals surface area contributed by atoms with E-state index in [-0.39, 0.29) is 12.6 Å². The maximum Gasteiger partial charge on any atom is 0.410 e. The average Bonchev–Trinajstić information content (AvgIpc) is 2.08. The van der Waals surface area contributed by atoms with Crippen molar-refractivity contribution in [3.63, 3.8) is 0 Å². The van der Waals surface area contributed by atoms with Crippen LogP contribution in [0.5, 0.6) is 0 Å². The number of aliphatic hydroxyl groups excluding tert-OH is 1. The quantitative estimate of drug-likeness (QED) is 0.767. The zero-order valence-corrected chi connectivity index (χ0v) is 11.6. The van der Waals surface area contributed by atoms with E-state index in [1.165, 1.54) is 4.90 Å². The van der Waals surface area contributed by atoms with Gasteiger partial charge in [-0.05, 0) is 41.0 Å². The molecule has 5 heteroatoms. The van der Waals surface area contributed by atoms with Crippen LogP contribution in [0, 0.1) is 0 Å². The predicted octanol–water partition coefficient (Wildman–Crippen LogP) is 1.34. The average molecular weight is 246 g/mol. The molecule has 1 amide bonds. The molecule has 0 radical (unpaired) electrons. The third-order valence-electron chi connectivity index (χ3n) is 1.99. The van der Waals surface area contributed by atoms with Crippen molar-refractivity contribution in [1.29, 1.82) is 0 Å². The Bertz CT molecular complexity index is 234. The van der Waals surface area contributed by atoms with Gasteiger partial charge in [0.1, 0.15) is 5.60 Å². The first-order valence-corrected chi connectivity index (χ1v) is 6.03. The molecule has 3 N–H and O–H groups in total. The van der Waals surface area contributed by atoms with Crippen molar-refractivity contribution in [2.75, 3.05) is 13.1 Å². The van der Waals surface area contributed by atoms with Gasteiger partial charge in [0.15, 0.2) is 0 Å². The largest absolute Gasteiger partial charge is 0.444 e. The van der Waals surface area contributed by atoms with Crippen LogP contribution in [0.2, 0.25) is 0 Å². The highest BCUT2D eigenvalue weighted by Crippen LogP contribution is 2.11. The molecule has 0 aliphatic heterocycles. The van der Waals surface area contributed by atoms with Crippen LogP contribution >= 0.6 is 0 Å². The molecule has 0 spiro atoms. The smallest absolute Gasteiger partial charge is 0.410 e. The Labute approximate surface area is 104 Å². The minimum absolute atomic E-state index is 0.0222. The number of nitrogens with two attached hydrogens (primary N) is 1. The lowest BCUT2D eigenvalue weighted by atomic mass is 10.2. The van der Waals surface area contributed by atoms with Crippen molar-refractivity contribution < 1.29 is 14.6 Å². The minimum atomic E-state index is -0.574. The molecule has 0 aromatic heterocycles. The number of nitrogens with zero attached hydrogens (tertiary/aromatic N) is 1. The second-order valence-electron chi connectivity index (χ2n) is 5.54. The van der Waals surface area contributed by atoms with Crippen molar-refractivity contribution in [2.45, 2.75) is 58.8 Å². The summed E-state index contributed by atoms with van der Waals surface area (Å²) in [5, 5.41) is 9.35. The molecule has 0 aromatic rings. The van der Waals surface area contributed by atoms with Crippen molar-refractivity contribution in [2.24, 2.45) is 5.73 Å². The SMILES string of the molecule is CC(O)CN(CC[C@@H](C)N)C(=O)OC(C)(C)C. The Hall–Kier alpha value is -0.810. The molecule has 5 nitrogen and oxygen atoms in total. The van der Waals surface area contributed by atoms with Gasteiger partial charge >= 0.3 is 6.09 Å². The van der Waals surface area contributed by atoms with Crippen LogP contribution in [0.1, 0.15) is 41.0 Å². The number of aliphatic hydroxyl groups is 1. The maximum absolute atomic E-state index is 11.9. The zero-order valence-electron chi connectivity index (χ0n) is 11.6. The summed E-state index contributed by atoms with van der Waals surface area (Å²) in [6.45, 7) is 9.74. The van der Waals surface area contributed by atoms with E-state index in [4.69, 9.17) is 10.5 Å². The molecule has 0 aromatic carbocycles. The zero-order chi connectivity index (χ0) is 13.6. The monoisotopic (exact) mass is 246 g/mol. The summed E-state index contributed by atoms with van der Waals surface area (Å²) in [5.41, 5.74) is 5.13. The van der Waals surface area contributed by atoms with Gasteiger partial charge in [-0.15, -0.1) is 0 Å². The summed E-state index contributed by atoms with van der Waals surface area (Å²) in [4.78, 5) is 13.4. The molecule has 0 fully saturated rings. The second kappa shape index (κ2) is 6.81. The Kier molecular flexibility index (Phi) is 6.49. The first-order valence-electron chi connectivity index (χ1n) is 6.03. The summed E-state index contributed by atoms with van der Waals surface area (Å²) in [5.74, 6) is 0. The molecule has 0 aliphatic rings. The number of carbonyl (C=O) groups is 1. The van der Waals surface area contributed by atoms with Gasteiger partial charge in [0, 0.05) is 19.1 Å². The molecule has 0 heterocycles. The van der Waals surface area contributed by atoms with Gasteiger partial charge < -0.3 is 20.5 Å². The number of amides is 1. The topological polar surface area (TPSA) is 75.8 Å². The highest BCUT2D eigenvalue weighted by Gasteiger charge is 2.22. The van der Waals surface area contributed by atoms with E-state index >= 15 is 0 Å². The molecular weight excluding hydrogens is 220 g/mol. The Balaban J connectivity index is 4.40. The fourth-order valence-corrected chi connectivity index (χ4v) is 1.26. The van der Waals surface area contributed by atoms with E-state index in [1.807, 2.05) is 27.7 Å². The van der Waals surface area contributed by atoms with Gasteiger partial charge in [0.25, 0.3) is 0 Å². The summed E-state index contributed by atoms with van der Waals surface area (Å²) >= 11 is 0. The maximum atomic E-state index is 11.9. The number of carbonyl (C=O) groups excluding carboxylic acids is 1. The van der Waals surface area contributed by atoms with Gasteiger partial charge in [-0.1, -0.05) is 0 Å². The Morgan fingerprint density at radius 1 is 1.41 bits per heavy atom. The standard InChI is InChI=1S/C12H26N2O3/c1-9(13)6-7-14(8-10(2)15)11(16)17-12(3,4)5/h9-10,15H,6-8,13H2,1-5H3/t9-,10?/m1/s1. The van der Waals surface area contributed by atoms with Gasteiger partial charge in [-0.3, -0.25) is 0 Å². The van der Waals surface area contributed by atoms with E-state index in [2.05, 4.69) is 0 Å². The molecule has 2 atom stereocenters. The van der Waals surface area contributed by atoms with Gasteiger partial charge in [-0.2, -0.15) is 0 Å². The number of ether oxygens (including phenoxy) is 1. The van der Waals surface area contributed by atoms with Crippen LogP contribution in [0.3, 0.4) is 0 Å². The first-order chi connectivity index (χ1) is 7.61. The summed E-state index contributed by atoms with van der Waals surface area (Å²) < 4.78 is 5.27. The summed E-state index contributed by atoms with van der Waals surface area (Å²) in [6.07, 6.45) is -0.291. The highest BCUT2D eigenvalue weighted by atomic mass is 16.6. The lowest BCUT2D eigenvalue weighted by molar-refractivity contribution is 0.0157. The van der Waals surface area contributed by atoms with E-state index < -0.39 is 17.8 Å². The van der Waals surface area contributed by atoms with E-state index in [1.54, 1.807) is 6.92 Å². The van der Waals surface area contributed by atoms with Crippen molar-refractivity contribution in [3.05, 3.63) is 0 Å². The number of hydrogen-bond acceptors (Lipinski definition) is 4. The molecule has 17 heavy (non-hydrogen) atoms. The highest BCUT2D eigenvalue weighted by molar-refractivity contribution is 5.68. The molecule has 0 bridgehead atoms. The summed E-state index contributed by atoms with van der Waals surface area (Å²) in [7, 11) is 0. The lowest BCUT2D eigenvalue weighted by Gasteiger charge is -2.28. The van der Waals surface area contributed by atoms with Crippen LogP contribution in [-0.4, -0.2) is 46.9 Å². The second-order valence-corrected chi connectivity index (χ2v) is 5.54. The third-order valence-corrected chi connectivity index (χ3v) is 1.99. The van der Waals surface area contributed by atoms with Crippen LogP contribution in [0.15, 0.2) is 0 Å². The van der Waals surface area contributed by atoms with Gasteiger partial charge in [0.05, 0.1) is 6.10 Å². The molecule has 0 aliphatic carbocycles. The number of hydrogen-bond donors (Lipinski definition) is 2. The minimum Gasteiger partial charge on any atom is -0.444 e. The molecular formula is C12H26N2O3. The predicted molar refractivity (Wildman–Crippen MR) is 67.8 cm³/mol. The lowest BCUT2D eigenvalue weighted by Crippen LogP contribution is -2.42.